The Balaban J connectivity index is 2.41. The predicted octanol–water partition coefficient (Wildman–Crippen LogP) is 0.628. The number of nitrogen functional groups attached to an aromatic ring is 1. The lowest BCUT2D eigenvalue weighted by molar-refractivity contribution is -0.0280. The fourth-order valence-electron chi connectivity index (χ4n) is 2.52. The molecule has 18 heavy (non-hydrogen) atoms. The Morgan fingerprint density at radius 1 is 1.50 bits per heavy atom. The van der Waals surface area contributed by atoms with E-state index < -0.39 is 0 Å². The van der Waals surface area contributed by atoms with Gasteiger partial charge in [0.05, 0.1) is 23.5 Å². The molecule has 0 aliphatic carbocycles. The molecule has 100 valence electrons. The summed E-state index contributed by atoms with van der Waals surface area (Å²) in [5.41, 5.74) is 7.01. The number of aromatic nitrogens is 2. The summed E-state index contributed by atoms with van der Waals surface area (Å²) in [4.78, 5) is 2.19. The Bertz CT molecular complexity index is 477. The summed E-state index contributed by atoms with van der Waals surface area (Å²) in [5, 5.41) is 12.1. The number of nitrogens with zero attached hydrogens (tertiary/aromatic N) is 3. The number of nitrogens with two attached hydrogens (primary N) is 1. The third kappa shape index (κ3) is 2.20. The molecule has 6 nitrogen and oxygen atoms in total. The second kappa shape index (κ2) is 4.28. The Kier molecular flexibility index (Phi) is 3.06. The highest BCUT2D eigenvalue weighted by molar-refractivity contribution is 6.00. The van der Waals surface area contributed by atoms with Crippen LogP contribution < -0.4 is 10.6 Å². The zero-order valence-electron chi connectivity index (χ0n) is 11.4. The van der Waals surface area contributed by atoms with Crippen molar-refractivity contribution in [2.24, 2.45) is 12.8 Å². The van der Waals surface area contributed by atoms with Crippen molar-refractivity contribution in [3.8, 4) is 0 Å². The largest absolute Gasteiger partial charge is 0.384 e. The minimum Gasteiger partial charge on any atom is -0.384 e. The fraction of sp³-hybridized carbons (Fsp3) is 0.667. The number of aryl methyl sites for hydroxylation is 2. The highest BCUT2D eigenvalue weighted by Crippen LogP contribution is 2.27. The van der Waals surface area contributed by atoms with Crippen LogP contribution in [0.25, 0.3) is 0 Å². The summed E-state index contributed by atoms with van der Waals surface area (Å²) in [6.45, 7) is 8.25. The topological polar surface area (TPSA) is 80.2 Å². The van der Waals surface area contributed by atoms with Gasteiger partial charge in [0.2, 0.25) is 0 Å². The first-order valence-electron chi connectivity index (χ1n) is 6.09. The molecule has 1 aromatic rings. The SMILES string of the molecule is Cc1nn(C)c(N2CCOC(C)(C)C2)c1C(=N)N. The van der Waals surface area contributed by atoms with Crippen molar-refractivity contribution in [3.63, 3.8) is 0 Å². The van der Waals surface area contributed by atoms with E-state index in [-0.39, 0.29) is 11.4 Å². The second-order valence-electron chi connectivity index (χ2n) is 5.35. The first-order valence-corrected chi connectivity index (χ1v) is 6.09. The maximum Gasteiger partial charge on any atom is 0.138 e. The molecule has 2 rings (SSSR count). The van der Waals surface area contributed by atoms with E-state index in [1.165, 1.54) is 0 Å². The van der Waals surface area contributed by atoms with E-state index in [0.29, 0.717) is 6.61 Å². The zero-order chi connectivity index (χ0) is 13.5. The molecule has 0 unspecified atom stereocenters. The zero-order valence-corrected chi connectivity index (χ0v) is 11.4. The molecule has 0 spiro atoms. The van der Waals surface area contributed by atoms with Gasteiger partial charge in [0.25, 0.3) is 0 Å². The van der Waals surface area contributed by atoms with Gasteiger partial charge in [0.15, 0.2) is 0 Å². The second-order valence-corrected chi connectivity index (χ2v) is 5.35. The lowest BCUT2D eigenvalue weighted by Crippen LogP contribution is -2.49. The molecule has 0 saturated carbocycles. The van der Waals surface area contributed by atoms with Gasteiger partial charge < -0.3 is 15.4 Å². The summed E-state index contributed by atoms with van der Waals surface area (Å²) in [5.74, 6) is 0.983. The predicted molar refractivity (Wildman–Crippen MR) is 71.2 cm³/mol. The smallest absolute Gasteiger partial charge is 0.138 e. The van der Waals surface area contributed by atoms with Gasteiger partial charge in [-0.25, -0.2) is 0 Å². The number of morpholine rings is 1. The molecule has 1 fully saturated rings. The average molecular weight is 251 g/mol. The highest BCUT2D eigenvalue weighted by atomic mass is 16.5. The van der Waals surface area contributed by atoms with Crippen molar-refractivity contribution < 1.29 is 4.74 Å². The van der Waals surface area contributed by atoms with Crippen LogP contribution in [0, 0.1) is 12.3 Å². The molecular formula is C12H21N5O. The number of anilines is 1. The molecule has 0 amide bonds. The van der Waals surface area contributed by atoms with Crippen LogP contribution >= 0.6 is 0 Å². The van der Waals surface area contributed by atoms with Gasteiger partial charge in [-0.2, -0.15) is 5.10 Å². The van der Waals surface area contributed by atoms with Crippen LogP contribution in [0.2, 0.25) is 0 Å². The van der Waals surface area contributed by atoms with E-state index in [2.05, 4.69) is 23.8 Å². The van der Waals surface area contributed by atoms with Crippen LogP contribution in [0.5, 0.6) is 0 Å². The van der Waals surface area contributed by atoms with Crippen molar-refractivity contribution in [3.05, 3.63) is 11.3 Å². The van der Waals surface area contributed by atoms with Crippen LogP contribution in [0.15, 0.2) is 0 Å². The minimum absolute atomic E-state index is 0.0693. The molecule has 1 saturated heterocycles. The summed E-state index contributed by atoms with van der Waals surface area (Å²) in [7, 11) is 1.89. The number of hydrogen-bond donors (Lipinski definition) is 2. The number of ether oxygens (including phenoxy) is 1. The molecule has 1 aliphatic rings. The molecule has 0 atom stereocenters. The first kappa shape index (κ1) is 12.9. The third-order valence-corrected chi connectivity index (χ3v) is 3.19. The van der Waals surface area contributed by atoms with Gasteiger partial charge in [-0.1, -0.05) is 0 Å². The summed E-state index contributed by atoms with van der Waals surface area (Å²) < 4.78 is 7.51. The summed E-state index contributed by atoms with van der Waals surface area (Å²) in [6.07, 6.45) is 0. The van der Waals surface area contributed by atoms with E-state index in [0.717, 1.165) is 30.2 Å². The number of rotatable bonds is 2. The lowest BCUT2D eigenvalue weighted by atomic mass is 10.1. The van der Waals surface area contributed by atoms with Gasteiger partial charge >= 0.3 is 0 Å². The Hall–Kier alpha value is -1.56. The molecular weight excluding hydrogens is 230 g/mol. The molecule has 2 heterocycles. The number of nitrogens with one attached hydrogen (secondary N) is 1. The van der Waals surface area contributed by atoms with Crippen molar-refractivity contribution in [1.29, 1.82) is 5.41 Å². The molecule has 0 radical (unpaired) electrons. The maximum absolute atomic E-state index is 7.71. The molecule has 1 aliphatic heterocycles. The normalized spacial score (nSPS) is 19.0. The van der Waals surface area contributed by atoms with Crippen molar-refractivity contribution in [2.75, 3.05) is 24.6 Å². The standard InChI is InChI=1S/C12H21N5O/c1-8-9(10(13)14)11(16(4)15-8)17-5-6-18-12(2,3)7-17/h5-7H2,1-4H3,(H3,13,14). The van der Waals surface area contributed by atoms with Gasteiger partial charge in [0.1, 0.15) is 11.7 Å². The molecule has 0 bridgehead atoms. The minimum atomic E-state index is -0.190. The molecule has 1 aromatic heterocycles. The third-order valence-electron chi connectivity index (χ3n) is 3.19. The molecule has 6 heteroatoms. The van der Waals surface area contributed by atoms with Crippen molar-refractivity contribution in [2.45, 2.75) is 26.4 Å². The summed E-state index contributed by atoms with van der Waals surface area (Å²) in [6, 6.07) is 0. The van der Waals surface area contributed by atoms with Crippen molar-refractivity contribution in [1.82, 2.24) is 9.78 Å². The first-order chi connectivity index (χ1) is 8.32. The fourth-order valence-corrected chi connectivity index (χ4v) is 2.52. The van der Waals surface area contributed by atoms with Crippen LogP contribution in [0.1, 0.15) is 25.1 Å². The lowest BCUT2D eigenvalue weighted by Gasteiger charge is -2.39. The van der Waals surface area contributed by atoms with E-state index in [1.807, 2.05) is 14.0 Å². The van der Waals surface area contributed by atoms with Crippen molar-refractivity contribution >= 4 is 11.7 Å². The van der Waals surface area contributed by atoms with E-state index in [4.69, 9.17) is 15.9 Å². The van der Waals surface area contributed by atoms with Gasteiger partial charge in [-0.15, -0.1) is 0 Å². The molecule has 3 N–H and O–H groups in total. The Labute approximate surface area is 107 Å². The Morgan fingerprint density at radius 2 is 2.17 bits per heavy atom. The van der Waals surface area contributed by atoms with Crippen LogP contribution in [-0.4, -0.2) is 40.9 Å². The monoisotopic (exact) mass is 251 g/mol. The quantitative estimate of drug-likeness (QED) is 0.596. The number of amidine groups is 1. The molecule has 0 aromatic carbocycles. The van der Waals surface area contributed by atoms with Crippen LogP contribution in [-0.2, 0) is 11.8 Å². The van der Waals surface area contributed by atoms with Crippen LogP contribution in [0.4, 0.5) is 5.82 Å². The average Bonchev–Trinajstić information content (AvgIpc) is 2.51. The van der Waals surface area contributed by atoms with E-state index in [9.17, 15) is 0 Å². The van der Waals surface area contributed by atoms with E-state index in [1.54, 1.807) is 4.68 Å². The summed E-state index contributed by atoms with van der Waals surface area (Å²) >= 11 is 0. The van der Waals surface area contributed by atoms with E-state index >= 15 is 0 Å². The van der Waals surface area contributed by atoms with Gasteiger partial charge in [0, 0.05) is 20.1 Å². The Morgan fingerprint density at radius 3 is 2.72 bits per heavy atom. The number of hydrogen-bond acceptors (Lipinski definition) is 4. The maximum atomic E-state index is 7.71. The van der Waals surface area contributed by atoms with Crippen LogP contribution in [0.3, 0.4) is 0 Å². The highest BCUT2D eigenvalue weighted by Gasteiger charge is 2.31. The van der Waals surface area contributed by atoms with Gasteiger partial charge in [-0.05, 0) is 20.8 Å². The van der Waals surface area contributed by atoms with Gasteiger partial charge in [-0.3, -0.25) is 10.1 Å².